The highest BCUT2D eigenvalue weighted by Crippen LogP contribution is 2.63. The van der Waals surface area contributed by atoms with Crippen LogP contribution in [0, 0.1) is 0 Å². The van der Waals surface area contributed by atoms with Gasteiger partial charge in [0.2, 0.25) is 0 Å². The van der Waals surface area contributed by atoms with Crippen molar-refractivity contribution in [3.05, 3.63) is 239 Å². The molecule has 1 spiro atoms. The van der Waals surface area contributed by atoms with Crippen molar-refractivity contribution in [3.63, 3.8) is 0 Å². The molecule has 0 radical (unpaired) electrons. The number of ether oxygens (including phenoxy) is 1. The van der Waals surface area contributed by atoms with E-state index in [1.54, 1.807) is 0 Å². The first-order valence-electron chi connectivity index (χ1n) is 17.8. The molecule has 0 N–H and O–H groups in total. The van der Waals surface area contributed by atoms with E-state index in [1.165, 1.54) is 72.3 Å². The quantitative estimate of drug-likeness (QED) is 0.185. The Hall–Kier alpha value is -6.44. The fourth-order valence-corrected chi connectivity index (χ4v) is 9.76. The van der Waals surface area contributed by atoms with Crippen molar-refractivity contribution in [2.45, 2.75) is 10.8 Å². The summed E-state index contributed by atoms with van der Waals surface area (Å²) in [7, 11) is 0. The molecule has 0 unspecified atom stereocenters. The zero-order chi connectivity index (χ0) is 33.6. The molecule has 11 rings (SSSR count). The minimum Gasteiger partial charge on any atom is -0.457 e. The van der Waals surface area contributed by atoms with Crippen LogP contribution in [0.15, 0.2) is 194 Å². The van der Waals surface area contributed by atoms with Gasteiger partial charge in [-0.3, -0.25) is 0 Å². The second-order valence-corrected chi connectivity index (χ2v) is 13.9. The summed E-state index contributed by atoms with van der Waals surface area (Å²) in [5.41, 5.74) is 16.7. The van der Waals surface area contributed by atoms with Gasteiger partial charge in [-0.2, -0.15) is 0 Å². The maximum Gasteiger partial charge on any atom is 0.132 e. The van der Waals surface area contributed by atoms with Gasteiger partial charge >= 0.3 is 0 Å². The van der Waals surface area contributed by atoms with Crippen LogP contribution < -0.4 is 4.74 Å². The molecule has 0 fully saturated rings. The molecule has 0 atom stereocenters. The second kappa shape index (κ2) is 10.5. The van der Waals surface area contributed by atoms with E-state index in [4.69, 9.17) is 4.74 Å². The summed E-state index contributed by atoms with van der Waals surface area (Å²) in [6.45, 7) is 0. The van der Waals surface area contributed by atoms with E-state index in [9.17, 15) is 0 Å². The van der Waals surface area contributed by atoms with Crippen LogP contribution in [0.5, 0.6) is 11.5 Å². The Bertz CT molecular complexity index is 2580. The summed E-state index contributed by atoms with van der Waals surface area (Å²) in [5.74, 6) is 1.81. The molecule has 51 heavy (non-hydrogen) atoms. The molecule has 8 aromatic rings. The number of hydrogen-bond donors (Lipinski definition) is 0. The van der Waals surface area contributed by atoms with Crippen LogP contribution in [0.3, 0.4) is 0 Å². The van der Waals surface area contributed by atoms with E-state index < -0.39 is 10.8 Å². The second-order valence-electron chi connectivity index (χ2n) is 13.9. The first-order chi connectivity index (χ1) is 25.3. The van der Waals surface area contributed by atoms with Gasteiger partial charge in [-0.25, -0.2) is 0 Å². The predicted octanol–water partition coefficient (Wildman–Crippen LogP) is 12.2. The Labute approximate surface area is 298 Å². The number of benzene rings is 8. The highest BCUT2D eigenvalue weighted by molar-refractivity contribution is 5.96. The zero-order valence-electron chi connectivity index (χ0n) is 27.9. The van der Waals surface area contributed by atoms with Gasteiger partial charge in [0.05, 0.1) is 10.8 Å². The topological polar surface area (TPSA) is 9.23 Å². The van der Waals surface area contributed by atoms with Crippen LogP contribution in [0.25, 0.3) is 33.4 Å². The van der Waals surface area contributed by atoms with Crippen LogP contribution in [-0.4, -0.2) is 0 Å². The van der Waals surface area contributed by atoms with Crippen molar-refractivity contribution in [1.29, 1.82) is 0 Å². The van der Waals surface area contributed by atoms with Crippen molar-refractivity contribution < 1.29 is 4.74 Å². The first-order valence-corrected chi connectivity index (χ1v) is 17.8. The monoisotopic (exact) mass is 648 g/mol. The number of fused-ring (bicyclic) bond motifs is 12. The van der Waals surface area contributed by atoms with Crippen LogP contribution in [0.2, 0.25) is 0 Å². The van der Waals surface area contributed by atoms with E-state index in [0.29, 0.717) is 0 Å². The predicted molar refractivity (Wildman–Crippen MR) is 207 cm³/mol. The molecule has 1 aliphatic heterocycles. The first kappa shape index (κ1) is 28.4. The van der Waals surface area contributed by atoms with E-state index in [0.717, 1.165) is 17.1 Å². The van der Waals surface area contributed by atoms with E-state index in [2.05, 4.69) is 194 Å². The van der Waals surface area contributed by atoms with Gasteiger partial charge in [0.1, 0.15) is 11.5 Å². The maximum atomic E-state index is 6.92. The third kappa shape index (κ3) is 3.60. The van der Waals surface area contributed by atoms with Crippen LogP contribution in [0.1, 0.15) is 44.5 Å². The van der Waals surface area contributed by atoms with Crippen molar-refractivity contribution in [1.82, 2.24) is 0 Å². The molecule has 2 aliphatic carbocycles. The van der Waals surface area contributed by atoms with Crippen LogP contribution in [0.4, 0.5) is 0 Å². The molecule has 8 aromatic carbocycles. The molecule has 0 saturated heterocycles. The number of hydrogen-bond acceptors (Lipinski definition) is 1. The normalized spacial score (nSPS) is 14.7. The minimum atomic E-state index is -0.475. The lowest BCUT2D eigenvalue weighted by atomic mass is 9.66. The number of para-hydroxylation sites is 1. The molecular weight excluding hydrogens is 617 g/mol. The van der Waals surface area contributed by atoms with Crippen LogP contribution >= 0.6 is 0 Å². The third-order valence-corrected chi connectivity index (χ3v) is 11.6. The van der Waals surface area contributed by atoms with E-state index in [1.807, 2.05) is 0 Å². The van der Waals surface area contributed by atoms with Gasteiger partial charge in [0.15, 0.2) is 0 Å². The lowest BCUT2D eigenvalue weighted by Gasteiger charge is -2.39. The van der Waals surface area contributed by atoms with Gasteiger partial charge in [0.25, 0.3) is 0 Å². The van der Waals surface area contributed by atoms with Crippen molar-refractivity contribution in [2.75, 3.05) is 0 Å². The molecule has 1 nitrogen and oxygen atoms in total. The standard InChI is InChI=1S/C50H32O/c1-3-16-34(17-4-1)49(35-18-5-2-6-19-35)42-26-12-9-22-39(42)48-36(23-15-28-45(48)49)33-30-31-44-47(32-33)51-46-29-14-13-27-43(46)50(44)40-24-10-7-20-37(40)38-21-8-11-25-41(38)50/h1-32H. The summed E-state index contributed by atoms with van der Waals surface area (Å²) in [6.07, 6.45) is 0. The average Bonchev–Trinajstić information content (AvgIpc) is 3.67. The van der Waals surface area contributed by atoms with Gasteiger partial charge in [-0.05, 0) is 78.9 Å². The third-order valence-electron chi connectivity index (χ3n) is 11.6. The fourth-order valence-electron chi connectivity index (χ4n) is 9.76. The van der Waals surface area contributed by atoms with Gasteiger partial charge in [-0.15, -0.1) is 0 Å². The van der Waals surface area contributed by atoms with Crippen molar-refractivity contribution in [3.8, 4) is 44.9 Å². The average molecular weight is 649 g/mol. The Balaban J connectivity index is 1.18. The van der Waals surface area contributed by atoms with Gasteiger partial charge < -0.3 is 4.74 Å². The Morgan fingerprint density at radius 3 is 1.41 bits per heavy atom. The van der Waals surface area contributed by atoms with Crippen molar-refractivity contribution in [2.24, 2.45) is 0 Å². The molecule has 1 heterocycles. The Kier molecular flexibility index (Phi) is 5.86. The summed E-state index contributed by atoms with van der Waals surface area (Å²) in [5, 5.41) is 0. The molecule has 3 aliphatic rings. The zero-order valence-corrected chi connectivity index (χ0v) is 27.9. The molecule has 1 heteroatoms. The minimum absolute atomic E-state index is 0.449. The number of rotatable bonds is 3. The van der Waals surface area contributed by atoms with Crippen LogP contribution in [-0.2, 0) is 10.8 Å². The molecule has 238 valence electrons. The van der Waals surface area contributed by atoms with Crippen molar-refractivity contribution >= 4 is 0 Å². The summed E-state index contributed by atoms with van der Waals surface area (Å²) >= 11 is 0. The highest BCUT2D eigenvalue weighted by atomic mass is 16.5. The molecule has 0 amide bonds. The molecular formula is C50H32O. The SMILES string of the molecule is c1ccc(C2(c3ccccc3)c3ccccc3-c3c(-c4ccc5c(c4)Oc4ccccc4C54c5ccccc5-c5ccccc54)cccc32)cc1. The van der Waals surface area contributed by atoms with E-state index >= 15 is 0 Å². The molecule has 0 saturated carbocycles. The van der Waals surface area contributed by atoms with Gasteiger partial charge in [-0.1, -0.05) is 182 Å². The van der Waals surface area contributed by atoms with E-state index in [-0.39, 0.29) is 0 Å². The van der Waals surface area contributed by atoms with Gasteiger partial charge in [0, 0.05) is 11.1 Å². The summed E-state index contributed by atoms with van der Waals surface area (Å²) in [4.78, 5) is 0. The summed E-state index contributed by atoms with van der Waals surface area (Å²) < 4.78 is 6.92. The lowest BCUT2D eigenvalue weighted by Crippen LogP contribution is -2.32. The molecule has 0 aromatic heterocycles. The Morgan fingerprint density at radius 1 is 0.294 bits per heavy atom. The lowest BCUT2D eigenvalue weighted by molar-refractivity contribution is 0.436. The Morgan fingerprint density at radius 2 is 0.765 bits per heavy atom. The smallest absolute Gasteiger partial charge is 0.132 e. The largest absolute Gasteiger partial charge is 0.457 e. The molecule has 0 bridgehead atoms. The maximum absolute atomic E-state index is 6.92. The highest BCUT2D eigenvalue weighted by Gasteiger charge is 2.51. The summed E-state index contributed by atoms with van der Waals surface area (Å²) in [6, 6.07) is 71.2. The fraction of sp³-hybridized carbons (Fsp3) is 0.0400.